The smallest absolute Gasteiger partial charge is 0.422 e. The van der Waals surface area contributed by atoms with Gasteiger partial charge in [-0.3, -0.25) is 4.79 Å². The van der Waals surface area contributed by atoms with Crippen molar-refractivity contribution in [2.45, 2.75) is 72.1 Å². The largest absolute Gasteiger partial charge is 0.483 e. The van der Waals surface area contributed by atoms with Gasteiger partial charge in [-0.05, 0) is 81.1 Å². The number of halogens is 3. The van der Waals surface area contributed by atoms with Crippen LogP contribution >= 0.6 is 0 Å². The van der Waals surface area contributed by atoms with Crippen LogP contribution in [0.4, 0.5) is 18.9 Å². The molecular formula is C29H34F3NO4. The normalized spacial score (nSPS) is 15.6. The molecule has 0 saturated carbocycles. The van der Waals surface area contributed by atoms with Crippen LogP contribution in [0.5, 0.6) is 5.75 Å². The fourth-order valence-corrected chi connectivity index (χ4v) is 4.45. The van der Waals surface area contributed by atoms with E-state index in [2.05, 4.69) is 0 Å². The van der Waals surface area contributed by atoms with E-state index in [9.17, 15) is 22.8 Å². The van der Waals surface area contributed by atoms with Crippen molar-refractivity contribution in [3.8, 4) is 16.9 Å². The second kappa shape index (κ2) is 10.2. The van der Waals surface area contributed by atoms with E-state index in [4.69, 9.17) is 9.47 Å². The van der Waals surface area contributed by atoms with Crippen LogP contribution in [0.1, 0.15) is 64.7 Å². The van der Waals surface area contributed by atoms with Gasteiger partial charge in [-0.1, -0.05) is 26.0 Å². The van der Waals surface area contributed by atoms with Crippen LogP contribution < -0.4 is 9.64 Å². The van der Waals surface area contributed by atoms with Crippen molar-refractivity contribution in [1.29, 1.82) is 0 Å². The summed E-state index contributed by atoms with van der Waals surface area (Å²) in [6.07, 6.45) is -1.31. The summed E-state index contributed by atoms with van der Waals surface area (Å²) in [5.41, 5.74) is 3.21. The molecule has 0 bridgehead atoms. The minimum Gasteiger partial charge on any atom is -0.483 e. The van der Waals surface area contributed by atoms with Gasteiger partial charge in [-0.2, -0.15) is 13.2 Å². The number of alkyl halides is 3. The molecule has 37 heavy (non-hydrogen) atoms. The predicted octanol–water partition coefficient (Wildman–Crippen LogP) is 6.99. The Morgan fingerprint density at radius 3 is 2.38 bits per heavy atom. The SMILES string of the molecule is CCN1C(=O)CC(C)(C)c2cc(C)c(-c3cc(/C=C/C(=O)OC(C)(C)C)ccc3OCC(F)(F)F)cc21. The van der Waals surface area contributed by atoms with Crippen LogP contribution in [-0.2, 0) is 19.7 Å². The molecule has 5 nitrogen and oxygen atoms in total. The Labute approximate surface area is 216 Å². The van der Waals surface area contributed by atoms with Crippen LogP contribution in [0.2, 0.25) is 0 Å². The molecule has 1 heterocycles. The van der Waals surface area contributed by atoms with E-state index in [0.29, 0.717) is 29.7 Å². The van der Waals surface area contributed by atoms with Crippen molar-refractivity contribution in [3.63, 3.8) is 0 Å². The third-order valence-electron chi connectivity index (χ3n) is 6.08. The van der Waals surface area contributed by atoms with Crippen molar-refractivity contribution < 1.29 is 32.2 Å². The highest BCUT2D eigenvalue weighted by Crippen LogP contribution is 2.45. The number of esters is 1. The molecule has 3 rings (SSSR count). The molecule has 2 aromatic carbocycles. The first kappa shape index (κ1) is 28.3. The zero-order chi connectivity index (χ0) is 27.8. The number of fused-ring (bicyclic) bond motifs is 1. The summed E-state index contributed by atoms with van der Waals surface area (Å²) >= 11 is 0. The van der Waals surface area contributed by atoms with Crippen molar-refractivity contribution in [2.24, 2.45) is 0 Å². The first-order valence-electron chi connectivity index (χ1n) is 12.2. The van der Waals surface area contributed by atoms with Gasteiger partial charge in [0, 0.05) is 35.7 Å². The van der Waals surface area contributed by atoms with Gasteiger partial charge in [0.15, 0.2) is 6.61 Å². The highest BCUT2D eigenvalue weighted by molar-refractivity contribution is 5.99. The molecule has 8 heteroatoms. The van der Waals surface area contributed by atoms with Crippen molar-refractivity contribution >= 4 is 23.6 Å². The minimum absolute atomic E-state index is 0.00241. The molecule has 0 atom stereocenters. The minimum atomic E-state index is -4.51. The second-order valence-electron chi connectivity index (χ2n) is 10.9. The third-order valence-corrected chi connectivity index (χ3v) is 6.08. The molecular weight excluding hydrogens is 483 g/mol. The summed E-state index contributed by atoms with van der Waals surface area (Å²) < 4.78 is 49.5. The zero-order valence-electron chi connectivity index (χ0n) is 22.4. The van der Waals surface area contributed by atoms with E-state index < -0.39 is 24.4 Å². The van der Waals surface area contributed by atoms with Gasteiger partial charge in [0.25, 0.3) is 0 Å². The molecule has 0 spiro atoms. The quantitative estimate of drug-likeness (QED) is 0.306. The van der Waals surface area contributed by atoms with Gasteiger partial charge >= 0.3 is 12.1 Å². The molecule has 0 radical (unpaired) electrons. The number of anilines is 1. The Kier molecular flexibility index (Phi) is 7.82. The summed E-state index contributed by atoms with van der Waals surface area (Å²) in [4.78, 5) is 26.7. The van der Waals surface area contributed by atoms with Crippen molar-refractivity contribution in [2.75, 3.05) is 18.1 Å². The maximum atomic E-state index is 13.0. The molecule has 2 aromatic rings. The van der Waals surface area contributed by atoms with E-state index in [1.165, 1.54) is 12.1 Å². The Morgan fingerprint density at radius 1 is 1.11 bits per heavy atom. The van der Waals surface area contributed by atoms with E-state index in [-0.39, 0.29) is 17.1 Å². The van der Waals surface area contributed by atoms with Crippen LogP contribution in [0.3, 0.4) is 0 Å². The maximum Gasteiger partial charge on any atom is 0.422 e. The maximum absolute atomic E-state index is 13.0. The van der Waals surface area contributed by atoms with Gasteiger partial charge in [-0.25, -0.2) is 4.79 Å². The van der Waals surface area contributed by atoms with Crippen LogP contribution in [-0.4, -0.2) is 36.8 Å². The highest BCUT2D eigenvalue weighted by Gasteiger charge is 2.37. The number of nitrogens with zero attached hydrogens (tertiary/aromatic N) is 1. The van der Waals surface area contributed by atoms with Gasteiger partial charge in [-0.15, -0.1) is 0 Å². The Hall–Kier alpha value is -3.29. The first-order chi connectivity index (χ1) is 17.0. The fourth-order valence-electron chi connectivity index (χ4n) is 4.45. The zero-order valence-corrected chi connectivity index (χ0v) is 22.4. The number of carbonyl (C=O) groups excluding carboxylic acids is 2. The molecule has 0 unspecified atom stereocenters. The van der Waals surface area contributed by atoms with Crippen LogP contribution in [0.15, 0.2) is 36.4 Å². The third kappa shape index (κ3) is 6.93. The molecule has 1 amide bonds. The number of ether oxygens (including phenoxy) is 2. The molecule has 0 saturated heterocycles. The monoisotopic (exact) mass is 517 g/mol. The predicted molar refractivity (Wildman–Crippen MR) is 139 cm³/mol. The first-order valence-corrected chi connectivity index (χ1v) is 12.2. The Bertz CT molecular complexity index is 1220. The van der Waals surface area contributed by atoms with Gasteiger partial charge in [0.05, 0.1) is 0 Å². The summed E-state index contributed by atoms with van der Waals surface area (Å²) in [6, 6.07) is 8.56. The van der Waals surface area contributed by atoms with E-state index >= 15 is 0 Å². The number of rotatable bonds is 6. The van der Waals surface area contributed by atoms with E-state index in [0.717, 1.165) is 16.8 Å². The Balaban J connectivity index is 2.14. The summed E-state index contributed by atoms with van der Waals surface area (Å²) in [7, 11) is 0. The van der Waals surface area contributed by atoms with Crippen LogP contribution in [0, 0.1) is 6.92 Å². The molecule has 0 aromatic heterocycles. The molecule has 0 fully saturated rings. The number of aryl methyl sites for hydroxylation is 1. The fraction of sp³-hybridized carbons (Fsp3) is 0.448. The topological polar surface area (TPSA) is 55.8 Å². The summed E-state index contributed by atoms with van der Waals surface area (Å²) in [5, 5.41) is 0. The highest BCUT2D eigenvalue weighted by atomic mass is 19.4. The van der Waals surface area contributed by atoms with Gasteiger partial charge in [0.1, 0.15) is 11.4 Å². The summed E-state index contributed by atoms with van der Waals surface area (Å²) in [6.45, 7) is 12.1. The summed E-state index contributed by atoms with van der Waals surface area (Å²) in [5.74, 6) is -0.479. The number of amides is 1. The molecule has 1 aliphatic heterocycles. The molecule has 0 N–H and O–H groups in total. The van der Waals surface area contributed by atoms with Gasteiger partial charge in [0.2, 0.25) is 5.91 Å². The average Bonchev–Trinajstić information content (AvgIpc) is 2.75. The number of carbonyl (C=O) groups is 2. The van der Waals surface area contributed by atoms with Gasteiger partial charge < -0.3 is 14.4 Å². The van der Waals surface area contributed by atoms with E-state index in [1.54, 1.807) is 43.9 Å². The lowest BCUT2D eigenvalue weighted by molar-refractivity contribution is -0.153. The van der Waals surface area contributed by atoms with Crippen molar-refractivity contribution in [3.05, 3.63) is 53.1 Å². The molecule has 0 aliphatic carbocycles. The van der Waals surface area contributed by atoms with E-state index in [1.807, 2.05) is 39.8 Å². The number of hydrogen-bond donors (Lipinski definition) is 0. The Morgan fingerprint density at radius 2 is 1.78 bits per heavy atom. The average molecular weight is 518 g/mol. The lowest BCUT2D eigenvalue weighted by Crippen LogP contribution is -2.41. The second-order valence-corrected chi connectivity index (χ2v) is 10.9. The lowest BCUT2D eigenvalue weighted by Gasteiger charge is -2.39. The molecule has 1 aliphatic rings. The van der Waals surface area contributed by atoms with Crippen molar-refractivity contribution in [1.82, 2.24) is 0 Å². The molecule has 200 valence electrons. The standard InChI is InChI=1S/C29H34F3NO4/c1-8-33-23-15-20(18(2)13-22(23)28(6,7)16-25(33)34)21-14-19(10-12-26(35)37-27(3,4)5)9-11-24(21)36-17-29(30,31)32/h9-15H,8,16-17H2,1-7H3/b12-10+. The van der Waals surface area contributed by atoms with Crippen LogP contribution in [0.25, 0.3) is 17.2 Å². The number of benzene rings is 2. The lowest BCUT2D eigenvalue weighted by atomic mass is 9.75. The number of hydrogen-bond acceptors (Lipinski definition) is 4.